The smallest absolute Gasteiger partial charge is 0.00202 e. The van der Waals surface area contributed by atoms with Crippen LogP contribution in [-0.4, -0.2) is 0 Å². The fraction of sp³-hybridized carbons (Fsp3) is 0.161. The van der Waals surface area contributed by atoms with Gasteiger partial charge >= 0.3 is 0 Å². The lowest BCUT2D eigenvalue weighted by atomic mass is 9.83. The minimum Gasteiger partial charge on any atom is -0.0587 e. The van der Waals surface area contributed by atoms with Crippen molar-refractivity contribution in [2.45, 2.75) is 34.6 Å². The number of aryl methyl sites for hydroxylation is 5. The van der Waals surface area contributed by atoms with Crippen LogP contribution in [0.5, 0.6) is 0 Å². The molecule has 0 bridgehead atoms. The molecular formula is C31H28. The summed E-state index contributed by atoms with van der Waals surface area (Å²) in [7, 11) is 0. The van der Waals surface area contributed by atoms with Gasteiger partial charge in [-0.15, -0.1) is 0 Å². The topological polar surface area (TPSA) is 0 Å². The molecule has 0 spiro atoms. The number of hydrogen-bond acceptors (Lipinski definition) is 0. The molecule has 0 aliphatic rings. The largest absolute Gasteiger partial charge is 0.0587 e. The highest BCUT2D eigenvalue weighted by Gasteiger charge is 2.18. The minimum absolute atomic E-state index is 1.27. The van der Waals surface area contributed by atoms with E-state index in [0.717, 1.165) is 0 Å². The number of rotatable bonds is 2. The predicted molar refractivity (Wildman–Crippen MR) is 136 cm³/mol. The van der Waals surface area contributed by atoms with E-state index in [-0.39, 0.29) is 0 Å². The van der Waals surface area contributed by atoms with Crippen molar-refractivity contribution < 1.29 is 0 Å². The van der Waals surface area contributed by atoms with E-state index in [1.54, 1.807) is 0 Å². The van der Waals surface area contributed by atoms with Crippen molar-refractivity contribution in [3.63, 3.8) is 0 Å². The Labute approximate surface area is 185 Å². The van der Waals surface area contributed by atoms with Crippen LogP contribution in [-0.2, 0) is 0 Å². The molecule has 0 nitrogen and oxygen atoms in total. The molecule has 0 saturated carbocycles. The second-order valence-corrected chi connectivity index (χ2v) is 9.01. The monoisotopic (exact) mass is 400 g/mol. The Morgan fingerprint density at radius 1 is 0.355 bits per heavy atom. The Kier molecular flexibility index (Phi) is 4.67. The molecule has 0 radical (unpaired) electrons. The van der Waals surface area contributed by atoms with Gasteiger partial charge in [0, 0.05) is 0 Å². The first kappa shape index (κ1) is 19.6. The summed E-state index contributed by atoms with van der Waals surface area (Å²) >= 11 is 0. The summed E-state index contributed by atoms with van der Waals surface area (Å²) in [6.45, 7) is 10.9. The van der Waals surface area contributed by atoms with Crippen molar-refractivity contribution in [1.29, 1.82) is 0 Å². The molecule has 0 aromatic heterocycles. The molecule has 0 saturated heterocycles. The van der Waals surface area contributed by atoms with E-state index in [2.05, 4.69) is 113 Å². The van der Waals surface area contributed by atoms with Crippen molar-refractivity contribution in [1.82, 2.24) is 0 Å². The fourth-order valence-electron chi connectivity index (χ4n) is 4.66. The van der Waals surface area contributed by atoms with Crippen LogP contribution in [0.4, 0.5) is 0 Å². The van der Waals surface area contributed by atoms with Crippen LogP contribution in [0.1, 0.15) is 27.8 Å². The van der Waals surface area contributed by atoms with Gasteiger partial charge in [0.1, 0.15) is 0 Å². The van der Waals surface area contributed by atoms with Gasteiger partial charge in [-0.3, -0.25) is 0 Å². The molecular weight excluding hydrogens is 372 g/mol. The van der Waals surface area contributed by atoms with Gasteiger partial charge in [0.2, 0.25) is 0 Å². The zero-order chi connectivity index (χ0) is 21.7. The van der Waals surface area contributed by atoms with Crippen molar-refractivity contribution >= 4 is 21.5 Å². The number of benzene rings is 5. The van der Waals surface area contributed by atoms with Gasteiger partial charge in [0.05, 0.1) is 0 Å². The van der Waals surface area contributed by atoms with Gasteiger partial charge in [0.15, 0.2) is 0 Å². The van der Waals surface area contributed by atoms with Gasteiger partial charge < -0.3 is 0 Å². The summed E-state index contributed by atoms with van der Waals surface area (Å²) in [6.07, 6.45) is 0. The quantitative estimate of drug-likeness (QED) is 0.260. The molecule has 0 heteroatoms. The molecule has 0 atom stereocenters. The Balaban J connectivity index is 2.05. The third-order valence-electron chi connectivity index (χ3n) is 6.57. The van der Waals surface area contributed by atoms with E-state index in [4.69, 9.17) is 0 Å². The zero-order valence-corrected chi connectivity index (χ0v) is 19.0. The Morgan fingerprint density at radius 2 is 0.774 bits per heavy atom. The van der Waals surface area contributed by atoms with Gasteiger partial charge in [-0.1, -0.05) is 95.6 Å². The molecule has 0 amide bonds. The Bertz CT molecular complexity index is 1430. The summed E-state index contributed by atoms with van der Waals surface area (Å²) in [5.74, 6) is 0. The Morgan fingerprint density at radius 3 is 1.29 bits per heavy atom. The summed E-state index contributed by atoms with van der Waals surface area (Å²) in [6, 6.07) is 29.7. The first-order valence-corrected chi connectivity index (χ1v) is 11.0. The average Bonchev–Trinajstić information content (AvgIpc) is 2.75. The molecule has 5 aromatic carbocycles. The van der Waals surface area contributed by atoms with Crippen molar-refractivity contribution in [3.05, 3.63) is 107 Å². The highest BCUT2D eigenvalue weighted by molar-refractivity contribution is 6.22. The van der Waals surface area contributed by atoms with Crippen molar-refractivity contribution in [3.8, 4) is 22.3 Å². The lowest BCUT2D eigenvalue weighted by Gasteiger charge is -2.20. The molecule has 0 unspecified atom stereocenters. The second kappa shape index (κ2) is 7.39. The van der Waals surface area contributed by atoms with Gasteiger partial charge in [-0.2, -0.15) is 0 Å². The number of hydrogen-bond donors (Lipinski definition) is 0. The molecule has 0 N–H and O–H groups in total. The maximum absolute atomic E-state index is 2.39. The molecule has 5 rings (SSSR count). The third-order valence-corrected chi connectivity index (χ3v) is 6.57. The van der Waals surface area contributed by atoms with Crippen LogP contribution < -0.4 is 0 Å². The van der Waals surface area contributed by atoms with Gasteiger partial charge in [0.25, 0.3) is 0 Å². The molecule has 5 aromatic rings. The van der Waals surface area contributed by atoms with Crippen LogP contribution in [0.2, 0.25) is 0 Å². The van der Waals surface area contributed by atoms with Crippen molar-refractivity contribution in [2.75, 3.05) is 0 Å². The average molecular weight is 401 g/mol. The van der Waals surface area contributed by atoms with E-state index >= 15 is 0 Å². The molecule has 0 aliphatic heterocycles. The zero-order valence-electron chi connectivity index (χ0n) is 19.0. The van der Waals surface area contributed by atoms with Crippen LogP contribution in [0.3, 0.4) is 0 Å². The molecule has 152 valence electrons. The maximum atomic E-state index is 2.39. The number of fused-ring (bicyclic) bond motifs is 3. The normalized spacial score (nSPS) is 11.4. The minimum atomic E-state index is 1.27. The first-order chi connectivity index (χ1) is 14.9. The lowest BCUT2D eigenvalue weighted by Crippen LogP contribution is -1.94. The summed E-state index contributed by atoms with van der Waals surface area (Å²) in [5, 5.41) is 5.33. The van der Waals surface area contributed by atoms with E-state index in [0.29, 0.717) is 0 Å². The SMILES string of the molecule is Cc1ccc(-c2c(-c3ccc(C)cc3)c3cc(C)c(C)cc3c3ccc(C)cc23)cc1. The Hall–Kier alpha value is -3.38. The molecule has 0 fully saturated rings. The van der Waals surface area contributed by atoms with E-state index < -0.39 is 0 Å². The summed E-state index contributed by atoms with van der Waals surface area (Å²) in [4.78, 5) is 0. The highest BCUT2D eigenvalue weighted by Crippen LogP contribution is 2.45. The summed E-state index contributed by atoms with van der Waals surface area (Å²) < 4.78 is 0. The molecule has 31 heavy (non-hydrogen) atoms. The standard InChI is InChI=1S/C31H28/c1-19-6-11-24(12-7-19)30-28-16-21(3)10-15-26(28)27-17-22(4)23(5)18-29(27)31(30)25-13-8-20(2)9-14-25/h6-18H,1-5H3. The molecule has 0 aliphatic carbocycles. The lowest BCUT2D eigenvalue weighted by molar-refractivity contribution is 1.37. The van der Waals surface area contributed by atoms with Crippen LogP contribution in [0, 0.1) is 34.6 Å². The predicted octanol–water partition coefficient (Wildman–Crippen LogP) is 8.87. The molecule has 0 heterocycles. The maximum Gasteiger partial charge on any atom is -0.00202 e. The van der Waals surface area contributed by atoms with Gasteiger partial charge in [-0.25, -0.2) is 0 Å². The van der Waals surface area contributed by atoms with E-state index in [1.165, 1.54) is 71.6 Å². The van der Waals surface area contributed by atoms with E-state index in [9.17, 15) is 0 Å². The van der Waals surface area contributed by atoms with Crippen LogP contribution in [0.15, 0.2) is 78.9 Å². The van der Waals surface area contributed by atoms with Crippen LogP contribution in [0.25, 0.3) is 43.8 Å². The second-order valence-electron chi connectivity index (χ2n) is 9.01. The highest BCUT2D eigenvalue weighted by atomic mass is 14.2. The third kappa shape index (κ3) is 3.33. The van der Waals surface area contributed by atoms with Crippen LogP contribution >= 0.6 is 0 Å². The summed E-state index contributed by atoms with van der Waals surface area (Å²) in [5.41, 5.74) is 11.8. The first-order valence-electron chi connectivity index (χ1n) is 11.0. The van der Waals surface area contributed by atoms with Crippen molar-refractivity contribution in [2.24, 2.45) is 0 Å². The van der Waals surface area contributed by atoms with E-state index in [1.807, 2.05) is 0 Å². The fourth-order valence-corrected chi connectivity index (χ4v) is 4.66. The van der Waals surface area contributed by atoms with Gasteiger partial charge in [-0.05, 0) is 89.5 Å².